The van der Waals surface area contributed by atoms with Gasteiger partial charge in [0.05, 0.1) is 12.3 Å². The Morgan fingerprint density at radius 2 is 1.94 bits per heavy atom. The van der Waals surface area contributed by atoms with E-state index in [4.69, 9.17) is 4.74 Å². The van der Waals surface area contributed by atoms with Crippen LogP contribution in [0.2, 0.25) is 0 Å². The second-order valence-corrected chi connectivity index (χ2v) is 5.03. The zero-order valence-electron chi connectivity index (χ0n) is 10.1. The standard InChI is InChI=1S/C15H13NOS/c1-17-9-15-16-14(10-18-15)13-8-4-6-11-5-2-3-7-12(11)13/h2-8,10H,9H2,1H3. The van der Waals surface area contributed by atoms with E-state index in [0.717, 1.165) is 10.7 Å². The highest BCUT2D eigenvalue weighted by Gasteiger charge is 2.07. The fourth-order valence-electron chi connectivity index (χ4n) is 2.07. The van der Waals surface area contributed by atoms with Gasteiger partial charge in [-0.1, -0.05) is 42.5 Å². The van der Waals surface area contributed by atoms with E-state index in [-0.39, 0.29) is 0 Å². The first-order chi connectivity index (χ1) is 8.88. The molecular formula is C15H13NOS. The predicted molar refractivity (Wildman–Crippen MR) is 75.8 cm³/mol. The predicted octanol–water partition coefficient (Wildman–Crippen LogP) is 4.11. The van der Waals surface area contributed by atoms with E-state index >= 15 is 0 Å². The fourth-order valence-corrected chi connectivity index (χ4v) is 2.84. The summed E-state index contributed by atoms with van der Waals surface area (Å²) >= 11 is 1.64. The number of methoxy groups -OCH3 is 1. The van der Waals surface area contributed by atoms with E-state index < -0.39 is 0 Å². The lowest BCUT2D eigenvalue weighted by atomic mass is 10.0. The minimum absolute atomic E-state index is 0.579. The van der Waals surface area contributed by atoms with Crippen LogP contribution in [-0.2, 0) is 11.3 Å². The van der Waals surface area contributed by atoms with Crippen LogP contribution in [0.3, 0.4) is 0 Å². The van der Waals surface area contributed by atoms with Crippen LogP contribution in [0.15, 0.2) is 47.8 Å². The van der Waals surface area contributed by atoms with Crippen molar-refractivity contribution in [3.8, 4) is 11.3 Å². The zero-order chi connectivity index (χ0) is 12.4. The van der Waals surface area contributed by atoms with Gasteiger partial charge in [-0.25, -0.2) is 4.98 Å². The number of aromatic nitrogens is 1. The van der Waals surface area contributed by atoms with Crippen LogP contribution in [0.25, 0.3) is 22.0 Å². The quantitative estimate of drug-likeness (QED) is 0.702. The first-order valence-electron chi connectivity index (χ1n) is 5.80. The lowest BCUT2D eigenvalue weighted by Crippen LogP contribution is -1.86. The van der Waals surface area contributed by atoms with Gasteiger partial charge in [0.2, 0.25) is 0 Å². The number of fused-ring (bicyclic) bond motifs is 1. The first-order valence-corrected chi connectivity index (χ1v) is 6.68. The molecule has 0 bridgehead atoms. The van der Waals surface area contributed by atoms with E-state index in [1.807, 2.05) is 0 Å². The molecule has 3 rings (SSSR count). The Morgan fingerprint density at radius 3 is 2.83 bits per heavy atom. The maximum Gasteiger partial charge on any atom is 0.119 e. The number of hydrogen-bond acceptors (Lipinski definition) is 3. The normalized spacial score (nSPS) is 10.9. The monoisotopic (exact) mass is 255 g/mol. The van der Waals surface area contributed by atoms with E-state index in [2.05, 4.69) is 52.8 Å². The highest BCUT2D eigenvalue weighted by molar-refractivity contribution is 7.09. The zero-order valence-corrected chi connectivity index (χ0v) is 10.9. The van der Waals surface area contributed by atoms with Crippen molar-refractivity contribution in [3.05, 3.63) is 52.9 Å². The van der Waals surface area contributed by atoms with Gasteiger partial charge in [0.1, 0.15) is 5.01 Å². The Balaban J connectivity index is 2.12. The summed E-state index contributed by atoms with van der Waals surface area (Å²) in [6.45, 7) is 0.579. The highest BCUT2D eigenvalue weighted by Crippen LogP contribution is 2.29. The number of nitrogens with zero attached hydrogens (tertiary/aromatic N) is 1. The van der Waals surface area contributed by atoms with Gasteiger partial charge in [-0.15, -0.1) is 11.3 Å². The summed E-state index contributed by atoms with van der Waals surface area (Å²) in [4.78, 5) is 4.61. The van der Waals surface area contributed by atoms with E-state index in [0.29, 0.717) is 6.61 Å². The topological polar surface area (TPSA) is 22.1 Å². The minimum atomic E-state index is 0.579. The first kappa shape index (κ1) is 11.4. The molecule has 0 atom stereocenters. The molecule has 0 saturated heterocycles. The highest BCUT2D eigenvalue weighted by atomic mass is 32.1. The van der Waals surface area contributed by atoms with Crippen LogP contribution >= 0.6 is 11.3 Å². The Labute approximate surface area is 110 Å². The molecule has 0 aliphatic rings. The van der Waals surface area contributed by atoms with E-state index in [1.54, 1.807) is 18.4 Å². The second-order valence-electron chi connectivity index (χ2n) is 4.09. The van der Waals surface area contributed by atoms with Crippen molar-refractivity contribution in [2.24, 2.45) is 0 Å². The minimum Gasteiger partial charge on any atom is -0.378 e. The van der Waals surface area contributed by atoms with Gasteiger partial charge in [0, 0.05) is 18.1 Å². The molecule has 1 heterocycles. The summed E-state index contributed by atoms with van der Waals surface area (Å²) in [7, 11) is 1.69. The largest absolute Gasteiger partial charge is 0.378 e. The maximum absolute atomic E-state index is 5.11. The average molecular weight is 255 g/mol. The molecule has 0 unspecified atom stereocenters. The van der Waals surface area contributed by atoms with E-state index in [9.17, 15) is 0 Å². The second kappa shape index (κ2) is 4.88. The molecule has 1 aromatic heterocycles. The van der Waals surface area contributed by atoms with E-state index in [1.165, 1.54) is 16.3 Å². The van der Waals surface area contributed by atoms with Crippen molar-refractivity contribution in [1.82, 2.24) is 4.98 Å². The van der Waals surface area contributed by atoms with Crippen LogP contribution in [0.4, 0.5) is 0 Å². The Kier molecular flexibility index (Phi) is 3.09. The Morgan fingerprint density at radius 1 is 1.11 bits per heavy atom. The third kappa shape index (κ3) is 2.03. The van der Waals surface area contributed by atoms with Crippen LogP contribution < -0.4 is 0 Å². The summed E-state index contributed by atoms with van der Waals surface area (Å²) < 4.78 is 5.11. The summed E-state index contributed by atoms with van der Waals surface area (Å²) in [5, 5.41) is 5.60. The molecule has 0 radical (unpaired) electrons. The number of rotatable bonds is 3. The molecular weight excluding hydrogens is 242 g/mol. The van der Waals surface area contributed by atoms with Crippen LogP contribution in [0.1, 0.15) is 5.01 Å². The van der Waals surface area contributed by atoms with Gasteiger partial charge in [-0.05, 0) is 10.8 Å². The molecule has 0 fully saturated rings. The van der Waals surface area contributed by atoms with Crippen molar-refractivity contribution in [3.63, 3.8) is 0 Å². The molecule has 3 heteroatoms. The number of thiazole rings is 1. The number of ether oxygens (including phenoxy) is 1. The van der Waals surface area contributed by atoms with Crippen molar-refractivity contribution in [2.75, 3.05) is 7.11 Å². The molecule has 0 N–H and O–H groups in total. The molecule has 90 valence electrons. The molecule has 0 aliphatic heterocycles. The number of hydrogen-bond donors (Lipinski definition) is 0. The smallest absolute Gasteiger partial charge is 0.119 e. The van der Waals surface area contributed by atoms with Crippen LogP contribution in [0.5, 0.6) is 0 Å². The molecule has 2 nitrogen and oxygen atoms in total. The third-order valence-corrected chi connectivity index (χ3v) is 3.71. The van der Waals surface area contributed by atoms with Crippen molar-refractivity contribution >= 4 is 22.1 Å². The van der Waals surface area contributed by atoms with Gasteiger partial charge >= 0.3 is 0 Å². The van der Waals surface area contributed by atoms with Crippen LogP contribution in [-0.4, -0.2) is 12.1 Å². The Bertz CT molecular complexity index is 670. The fraction of sp³-hybridized carbons (Fsp3) is 0.133. The molecule has 0 aliphatic carbocycles. The lowest BCUT2D eigenvalue weighted by Gasteiger charge is -2.03. The van der Waals surface area contributed by atoms with Gasteiger partial charge in [-0.2, -0.15) is 0 Å². The molecule has 0 saturated carbocycles. The summed E-state index contributed by atoms with van der Waals surface area (Å²) in [5.41, 5.74) is 2.22. The van der Waals surface area contributed by atoms with Crippen molar-refractivity contribution < 1.29 is 4.74 Å². The van der Waals surface area contributed by atoms with Crippen molar-refractivity contribution in [2.45, 2.75) is 6.61 Å². The van der Waals surface area contributed by atoms with Gasteiger partial charge in [0.25, 0.3) is 0 Å². The summed E-state index contributed by atoms with van der Waals surface area (Å²) in [6, 6.07) is 14.7. The lowest BCUT2D eigenvalue weighted by molar-refractivity contribution is 0.184. The molecule has 3 aromatic rings. The SMILES string of the molecule is COCc1nc(-c2cccc3ccccc23)cs1. The molecule has 18 heavy (non-hydrogen) atoms. The van der Waals surface area contributed by atoms with Gasteiger partial charge in [-0.3, -0.25) is 0 Å². The maximum atomic E-state index is 5.11. The molecule has 2 aromatic carbocycles. The number of benzene rings is 2. The van der Waals surface area contributed by atoms with Crippen LogP contribution in [0, 0.1) is 0 Å². The van der Waals surface area contributed by atoms with Crippen molar-refractivity contribution in [1.29, 1.82) is 0 Å². The summed E-state index contributed by atoms with van der Waals surface area (Å²) in [6.07, 6.45) is 0. The van der Waals surface area contributed by atoms with Gasteiger partial charge < -0.3 is 4.74 Å². The summed E-state index contributed by atoms with van der Waals surface area (Å²) in [5.74, 6) is 0. The Hall–Kier alpha value is -1.71. The average Bonchev–Trinajstić information content (AvgIpc) is 2.87. The molecule has 0 amide bonds. The third-order valence-electron chi connectivity index (χ3n) is 2.89. The molecule has 0 spiro atoms. The van der Waals surface area contributed by atoms with Gasteiger partial charge in [0.15, 0.2) is 0 Å².